The van der Waals surface area contributed by atoms with Crippen molar-refractivity contribution in [2.45, 2.75) is 25.3 Å². The zero-order chi connectivity index (χ0) is 11.5. The molecule has 1 N–H and O–H groups in total. The van der Waals surface area contributed by atoms with Gasteiger partial charge >= 0.3 is 0 Å². The van der Waals surface area contributed by atoms with Crippen molar-refractivity contribution in [3.63, 3.8) is 0 Å². The second-order valence-corrected chi connectivity index (χ2v) is 4.15. The Morgan fingerprint density at radius 2 is 2.25 bits per heavy atom. The average molecular weight is 242 g/mol. The molecule has 1 aliphatic rings. The van der Waals surface area contributed by atoms with Crippen molar-refractivity contribution >= 4 is 17.5 Å². The Morgan fingerprint density at radius 1 is 1.44 bits per heavy atom. The molecular weight excluding hydrogens is 230 g/mol. The molecule has 0 aromatic carbocycles. The molecule has 0 aliphatic carbocycles. The molecule has 86 valence electrons. The first kappa shape index (κ1) is 11.1. The molecular formula is C10H12ClN3O2. The highest BCUT2D eigenvalue weighted by atomic mass is 35.5. The summed E-state index contributed by atoms with van der Waals surface area (Å²) in [5.74, 6) is -0.122. The summed E-state index contributed by atoms with van der Waals surface area (Å²) in [5.41, 5.74) is -0.290. The fourth-order valence-corrected chi connectivity index (χ4v) is 1.95. The highest BCUT2D eigenvalue weighted by molar-refractivity contribution is 6.29. The van der Waals surface area contributed by atoms with E-state index in [0.717, 1.165) is 12.8 Å². The van der Waals surface area contributed by atoms with Gasteiger partial charge < -0.3 is 5.32 Å². The Kier molecular flexibility index (Phi) is 3.24. The summed E-state index contributed by atoms with van der Waals surface area (Å²) in [5, 5.41) is 2.92. The van der Waals surface area contributed by atoms with Crippen molar-refractivity contribution in [3.8, 4) is 0 Å². The molecule has 2 heterocycles. The first-order valence-corrected chi connectivity index (χ1v) is 5.57. The number of halogens is 1. The van der Waals surface area contributed by atoms with Crippen LogP contribution in [-0.4, -0.2) is 22.0 Å². The summed E-state index contributed by atoms with van der Waals surface area (Å²) in [6, 6.07) is 0.763. The number of hydrogen-bond acceptors (Lipinski definition) is 3. The van der Waals surface area contributed by atoms with Crippen LogP contribution >= 0.6 is 11.6 Å². The first-order valence-electron chi connectivity index (χ1n) is 5.20. The van der Waals surface area contributed by atoms with E-state index in [-0.39, 0.29) is 16.6 Å². The van der Waals surface area contributed by atoms with Crippen molar-refractivity contribution in [3.05, 3.63) is 27.9 Å². The fourth-order valence-electron chi connectivity index (χ4n) is 1.81. The molecule has 1 unspecified atom stereocenters. The molecule has 1 saturated heterocycles. The van der Waals surface area contributed by atoms with Crippen LogP contribution in [0.15, 0.2) is 17.2 Å². The number of rotatable bonds is 1. The summed E-state index contributed by atoms with van der Waals surface area (Å²) < 4.78 is 1.34. The molecule has 16 heavy (non-hydrogen) atoms. The number of nitrogens with zero attached hydrogens (tertiary/aromatic N) is 2. The molecule has 1 aromatic heterocycles. The van der Waals surface area contributed by atoms with Gasteiger partial charge in [-0.2, -0.15) is 0 Å². The predicted molar refractivity (Wildman–Crippen MR) is 59.4 cm³/mol. The van der Waals surface area contributed by atoms with Gasteiger partial charge in [0.1, 0.15) is 11.2 Å². The third-order valence-corrected chi connectivity index (χ3v) is 2.85. The van der Waals surface area contributed by atoms with Gasteiger partial charge in [-0.15, -0.1) is 0 Å². The number of amides is 1. The van der Waals surface area contributed by atoms with Gasteiger partial charge in [0.25, 0.3) is 5.56 Å². The lowest BCUT2D eigenvalue weighted by atomic mass is 10.1. The molecule has 6 heteroatoms. The molecule has 0 saturated carbocycles. The first-order chi connectivity index (χ1) is 7.68. The monoisotopic (exact) mass is 241 g/mol. The Bertz CT molecular complexity index is 458. The average Bonchev–Trinajstić information content (AvgIpc) is 2.44. The number of hydrogen-bond donors (Lipinski definition) is 1. The van der Waals surface area contributed by atoms with E-state index in [9.17, 15) is 9.59 Å². The van der Waals surface area contributed by atoms with E-state index >= 15 is 0 Å². The van der Waals surface area contributed by atoms with E-state index in [4.69, 9.17) is 11.6 Å². The van der Waals surface area contributed by atoms with Crippen LogP contribution in [0.5, 0.6) is 0 Å². The van der Waals surface area contributed by atoms with Crippen molar-refractivity contribution in [2.24, 2.45) is 0 Å². The van der Waals surface area contributed by atoms with Crippen molar-refractivity contribution in [1.29, 1.82) is 0 Å². The molecule has 1 fully saturated rings. The van der Waals surface area contributed by atoms with Gasteiger partial charge in [-0.25, -0.2) is 4.98 Å². The highest BCUT2D eigenvalue weighted by Crippen LogP contribution is 2.16. The second kappa shape index (κ2) is 4.65. The van der Waals surface area contributed by atoms with Crippen LogP contribution in [0.3, 0.4) is 0 Å². The molecule has 5 nitrogen and oxygen atoms in total. The van der Waals surface area contributed by atoms with Crippen LogP contribution in [0.25, 0.3) is 0 Å². The van der Waals surface area contributed by atoms with Gasteiger partial charge in [-0.3, -0.25) is 14.2 Å². The smallest absolute Gasteiger partial charge is 0.255 e. The van der Waals surface area contributed by atoms with E-state index in [1.807, 2.05) is 0 Å². The lowest BCUT2D eigenvalue weighted by molar-refractivity contribution is -0.124. The maximum Gasteiger partial charge on any atom is 0.255 e. The topological polar surface area (TPSA) is 64.0 Å². The normalized spacial score (nSPS) is 21.3. The van der Waals surface area contributed by atoms with Gasteiger partial charge in [-0.05, 0) is 19.3 Å². The molecule has 2 rings (SSSR count). The van der Waals surface area contributed by atoms with Crippen molar-refractivity contribution in [1.82, 2.24) is 14.9 Å². The van der Waals surface area contributed by atoms with Crippen LogP contribution in [-0.2, 0) is 4.79 Å². The van der Waals surface area contributed by atoms with Gasteiger partial charge in [0.05, 0.1) is 6.33 Å². The van der Waals surface area contributed by atoms with E-state index in [1.165, 1.54) is 17.0 Å². The van der Waals surface area contributed by atoms with Crippen LogP contribution in [0.2, 0.25) is 5.15 Å². The third-order valence-electron chi connectivity index (χ3n) is 2.64. The molecule has 1 atom stereocenters. The molecule has 1 aliphatic heterocycles. The zero-order valence-corrected chi connectivity index (χ0v) is 9.41. The molecule has 1 amide bonds. The van der Waals surface area contributed by atoms with Crippen LogP contribution in [0.1, 0.15) is 25.3 Å². The standard InChI is InChI=1S/C10H12ClN3O2/c11-8-5-9(15)14(6-13-8)7-3-1-2-4-12-10(7)16/h5-7H,1-4H2,(H,12,16). The summed E-state index contributed by atoms with van der Waals surface area (Å²) in [6.45, 7) is 0.672. The molecule has 1 aromatic rings. The largest absolute Gasteiger partial charge is 0.354 e. The molecule has 0 spiro atoms. The van der Waals surface area contributed by atoms with Crippen LogP contribution < -0.4 is 10.9 Å². The van der Waals surface area contributed by atoms with Crippen LogP contribution in [0, 0.1) is 0 Å². The van der Waals surface area contributed by atoms with E-state index in [1.54, 1.807) is 0 Å². The lowest BCUT2D eigenvalue weighted by Crippen LogP contribution is -2.35. The number of carbonyl (C=O) groups is 1. The molecule has 0 bridgehead atoms. The Labute approximate surface area is 97.4 Å². The predicted octanol–water partition coefficient (Wildman–Crippen LogP) is 0.738. The Morgan fingerprint density at radius 3 is 3.00 bits per heavy atom. The minimum absolute atomic E-state index is 0.122. The van der Waals surface area contributed by atoms with Gasteiger partial charge in [0.2, 0.25) is 5.91 Å². The summed E-state index contributed by atoms with van der Waals surface area (Å²) >= 11 is 5.60. The van der Waals surface area contributed by atoms with Crippen LogP contribution in [0.4, 0.5) is 0 Å². The molecule has 0 radical (unpaired) electrons. The SMILES string of the molecule is O=C1NCCCCC1n1cnc(Cl)cc1=O. The zero-order valence-electron chi connectivity index (χ0n) is 8.65. The quantitative estimate of drug-likeness (QED) is 0.738. The number of aromatic nitrogens is 2. The van der Waals surface area contributed by atoms with E-state index in [0.29, 0.717) is 13.0 Å². The summed E-state index contributed by atoms with van der Waals surface area (Å²) in [7, 11) is 0. The summed E-state index contributed by atoms with van der Waals surface area (Å²) in [6.07, 6.45) is 3.85. The minimum Gasteiger partial charge on any atom is -0.354 e. The maximum atomic E-state index is 11.7. The van der Waals surface area contributed by atoms with Gasteiger partial charge in [-0.1, -0.05) is 11.6 Å². The van der Waals surface area contributed by atoms with E-state index < -0.39 is 6.04 Å². The van der Waals surface area contributed by atoms with Gasteiger partial charge in [0, 0.05) is 12.6 Å². The third kappa shape index (κ3) is 2.24. The maximum absolute atomic E-state index is 11.7. The highest BCUT2D eigenvalue weighted by Gasteiger charge is 2.23. The van der Waals surface area contributed by atoms with Crippen molar-refractivity contribution in [2.75, 3.05) is 6.54 Å². The number of nitrogens with one attached hydrogen (secondary N) is 1. The second-order valence-electron chi connectivity index (χ2n) is 3.76. The summed E-state index contributed by atoms with van der Waals surface area (Å²) in [4.78, 5) is 27.2. The Hall–Kier alpha value is -1.36. The number of carbonyl (C=O) groups excluding carboxylic acids is 1. The Balaban J connectivity index is 2.34. The fraction of sp³-hybridized carbons (Fsp3) is 0.500. The van der Waals surface area contributed by atoms with E-state index in [2.05, 4.69) is 10.3 Å². The van der Waals surface area contributed by atoms with Crippen molar-refractivity contribution < 1.29 is 4.79 Å². The minimum atomic E-state index is -0.459. The lowest BCUT2D eigenvalue weighted by Gasteiger charge is -2.15. The van der Waals surface area contributed by atoms with Gasteiger partial charge in [0.15, 0.2) is 0 Å².